The van der Waals surface area contributed by atoms with Crippen LogP contribution in [-0.2, 0) is 6.54 Å². The van der Waals surface area contributed by atoms with Gasteiger partial charge in [-0.05, 0) is 30.5 Å². The lowest BCUT2D eigenvalue weighted by atomic mass is 10.1. The highest BCUT2D eigenvalue weighted by Gasteiger charge is 1.95. The third-order valence-corrected chi connectivity index (χ3v) is 2.22. The molecule has 0 atom stereocenters. The van der Waals surface area contributed by atoms with Gasteiger partial charge in [-0.2, -0.15) is 0 Å². The lowest BCUT2D eigenvalue weighted by Crippen LogP contribution is -2.21. The molecule has 1 aromatic rings. The highest BCUT2D eigenvalue weighted by Crippen LogP contribution is 2.09. The van der Waals surface area contributed by atoms with Gasteiger partial charge in [-0.25, -0.2) is 0 Å². The summed E-state index contributed by atoms with van der Waals surface area (Å²) in [6, 6.07) is 6.54. The molecule has 0 spiro atoms. The molecule has 0 fully saturated rings. The predicted octanol–water partition coefficient (Wildman–Crippen LogP) is 1.35. The van der Waals surface area contributed by atoms with Crippen LogP contribution in [0, 0.1) is 13.8 Å². The molecule has 0 amide bonds. The van der Waals surface area contributed by atoms with Crippen molar-refractivity contribution in [2.75, 3.05) is 13.1 Å². The fourth-order valence-electron chi connectivity index (χ4n) is 1.25. The van der Waals surface area contributed by atoms with E-state index in [4.69, 9.17) is 5.73 Å². The van der Waals surface area contributed by atoms with Crippen LogP contribution >= 0.6 is 0 Å². The average molecular weight is 178 g/mol. The molecule has 72 valence electrons. The van der Waals surface area contributed by atoms with Gasteiger partial charge in [0.1, 0.15) is 0 Å². The van der Waals surface area contributed by atoms with Crippen LogP contribution in [0.2, 0.25) is 0 Å². The fourth-order valence-corrected chi connectivity index (χ4v) is 1.25. The maximum absolute atomic E-state index is 5.38. The van der Waals surface area contributed by atoms with Crippen LogP contribution in [-0.4, -0.2) is 13.1 Å². The Balaban J connectivity index is 2.53. The van der Waals surface area contributed by atoms with Gasteiger partial charge in [-0.3, -0.25) is 0 Å². The van der Waals surface area contributed by atoms with Crippen molar-refractivity contribution in [1.82, 2.24) is 5.32 Å². The topological polar surface area (TPSA) is 38.0 Å². The standard InChI is InChI=1S/C11H18N2/c1-9-3-4-11(7-10(9)2)8-13-6-5-12/h3-4,7,13H,5-6,8,12H2,1-2H3. The summed E-state index contributed by atoms with van der Waals surface area (Å²) in [4.78, 5) is 0. The largest absolute Gasteiger partial charge is 0.329 e. The molecule has 0 saturated heterocycles. The van der Waals surface area contributed by atoms with Gasteiger partial charge in [0, 0.05) is 19.6 Å². The van der Waals surface area contributed by atoms with Crippen molar-refractivity contribution in [3.8, 4) is 0 Å². The Kier molecular flexibility index (Phi) is 3.93. The molecule has 1 aromatic carbocycles. The van der Waals surface area contributed by atoms with Crippen LogP contribution in [0.15, 0.2) is 18.2 Å². The van der Waals surface area contributed by atoms with Gasteiger partial charge in [0.15, 0.2) is 0 Å². The maximum atomic E-state index is 5.38. The number of nitrogens with two attached hydrogens (primary N) is 1. The van der Waals surface area contributed by atoms with E-state index in [-0.39, 0.29) is 0 Å². The van der Waals surface area contributed by atoms with Crippen LogP contribution in [0.3, 0.4) is 0 Å². The Morgan fingerprint density at radius 1 is 1.23 bits per heavy atom. The molecule has 0 saturated carbocycles. The third kappa shape index (κ3) is 3.17. The summed E-state index contributed by atoms with van der Waals surface area (Å²) in [5.74, 6) is 0. The molecular formula is C11H18N2. The molecular weight excluding hydrogens is 160 g/mol. The quantitative estimate of drug-likeness (QED) is 0.683. The number of hydrogen-bond acceptors (Lipinski definition) is 2. The van der Waals surface area contributed by atoms with Crippen molar-refractivity contribution in [1.29, 1.82) is 0 Å². The minimum atomic E-state index is 0.699. The number of rotatable bonds is 4. The maximum Gasteiger partial charge on any atom is 0.0206 e. The second kappa shape index (κ2) is 5.00. The molecule has 1 rings (SSSR count). The van der Waals surface area contributed by atoms with E-state index >= 15 is 0 Å². The molecule has 0 aliphatic rings. The van der Waals surface area contributed by atoms with E-state index in [9.17, 15) is 0 Å². The zero-order valence-corrected chi connectivity index (χ0v) is 8.43. The van der Waals surface area contributed by atoms with E-state index in [2.05, 4.69) is 37.4 Å². The second-order valence-electron chi connectivity index (χ2n) is 3.38. The Bertz CT molecular complexity index is 269. The second-order valence-corrected chi connectivity index (χ2v) is 3.38. The van der Waals surface area contributed by atoms with Gasteiger partial charge in [0.05, 0.1) is 0 Å². The van der Waals surface area contributed by atoms with Gasteiger partial charge >= 0.3 is 0 Å². The molecule has 3 N–H and O–H groups in total. The molecule has 2 heteroatoms. The summed E-state index contributed by atoms with van der Waals surface area (Å²) in [5.41, 5.74) is 9.42. The van der Waals surface area contributed by atoms with Crippen LogP contribution in [0.1, 0.15) is 16.7 Å². The first-order chi connectivity index (χ1) is 6.24. The lowest BCUT2D eigenvalue weighted by molar-refractivity contribution is 0.694. The molecule has 0 bridgehead atoms. The summed E-state index contributed by atoms with van der Waals surface area (Å²) in [5, 5.41) is 3.27. The lowest BCUT2D eigenvalue weighted by Gasteiger charge is -2.05. The first-order valence-electron chi connectivity index (χ1n) is 4.71. The van der Waals surface area contributed by atoms with Gasteiger partial charge in [0.2, 0.25) is 0 Å². The van der Waals surface area contributed by atoms with E-state index < -0.39 is 0 Å². The highest BCUT2D eigenvalue weighted by molar-refractivity contribution is 5.29. The van der Waals surface area contributed by atoms with Gasteiger partial charge < -0.3 is 11.1 Å². The molecule has 0 aromatic heterocycles. The zero-order valence-electron chi connectivity index (χ0n) is 8.43. The first-order valence-corrected chi connectivity index (χ1v) is 4.71. The smallest absolute Gasteiger partial charge is 0.0206 e. The van der Waals surface area contributed by atoms with Crippen molar-refractivity contribution in [2.24, 2.45) is 5.73 Å². The van der Waals surface area contributed by atoms with Crippen molar-refractivity contribution >= 4 is 0 Å². The summed E-state index contributed by atoms with van der Waals surface area (Å²) >= 11 is 0. The van der Waals surface area contributed by atoms with Crippen LogP contribution < -0.4 is 11.1 Å². The van der Waals surface area contributed by atoms with Crippen LogP contribution in [0.4, 0.5) is 0 Å². The molecule has 0 aliphatic carbocycles. The normalized spacial score (nSPS) is 10.4. The number of aryl methyl sites for hydroxylation is 2. The SMILES string of the molecule is Cc1ccc(CNCCN)cc1C. The predicted molar refractivity (Wildman–Crippen MR) is 56.7 cm³/mol. The van der Waals surface area contributed by atoms with Crippen molar-refractivity contribution in [2.45, 2.75) is 20.4 Å². The zero-order chi connectivity index (χ0) is 9.68. The minimum Gasteiger partial charge on any atom is -0.329 e. The summed E-state index contributed by atoms with van der Waals surface area (Å²) < 4.78 is 0. The average Bonchev–Trinajstić information content (AvgIpc) is 2.12. The van der Waals surface area contributed by atoms with Crippen LogP contribution in [0.5, 0.6) is 0 Å². The minimum absolute atomic E-state index is 0.699. The summed E-state index contributed by atoms with van der Waals surface area (Å²) in [6.07, 6.45) is 0. The van der Waals surface area contributed by atoms with Gasteiger partial charge in [-0.15, -0.1) is 0 Å². The summed E-state index contributed by atoms with van der Waals surface area (Å²) in [6.45, 7) is 6.77. The van der Waals surface area contributed by atoms with E-state index in [1.807, 2.05) is 0 Å². The third-order valence-electron chi connectivity index (χ3n) is 2.22. The Morgan fingerprint density at radius 2 is 2.00 bits per heavy atom. The monoisotopic (exact) mass is 178 g/mol. The molecule has 0 heterocycles. The van der Waals surface area contributed by atoms with E-state index in [0.29, 0.717) is 6.54 Å². The summed E-state index contributed by atoms with van der Waals surface area (Å²) in [7, 11) is 0. The number of nitrogens with one attached hydrogen (secondary N) is 1. The molecule has 0 unspecified atom stereocenters. The number of benzene rings is 1. The molecule has 0 aliphatic heterocycles. The molecule has 0 radical (unpaired) electrons. The number of hydrogen-bond donors (Lipinski definition) is 2. The van der Waals surface area contributed by atoms with Crippen LogP contribution in [0.25, 0.3) is 0 Å². The van der Waals surface area contributed by atoms with Crippen molar-refractivity contribution in [3.63, 3.8) is 0 Å². The van der Waals surface area contributed by atoms with Crippen molar-refractivity contribution in [3.05, 3.63) is 34.9 Å². The molecule has 13 heavy (non-hydrogen) atoms. The van der Waals surface area contributed by atoms with E-state index in [1.54, 1.807) is 0 Å². The highest BCUT2D eigenvalue weighted by atomic mass is 14.9. The van der Waals surface area contributed by atoms with E-state index in [1.165, 1.54) is 16.7 Å². The Labute approximate surface area is 80.1 Å². The Hall–Kier alpha value is -0.860. The fraction of sp³-hybridized carbons (Fsp3) is 0.455. The first kappa shape index (κ1) is 10.2. The van der Waals surface area contributed by atoms with E-state index in [0.717, 1.165) is 13.1 Å². The molecule has 2 nitrogen and oxygen atoms in total. The van der Waals surface area contributed by atoms with Gasteiger partial charge in [-0.1, -0.05) is 18.2 Å². The Morgan fingerprint density at radius 3 is 2.62 bits per heavy atom. The van der Waals surface area contributed by atoms with Crippen molar-refractivity contribution < 1.29 is 0 Å². The van der Waals surface area contributed by atoms with Gasteiger partial charge in [0.25, 0.3) is 0 Å².